The van der Waals surface area contributed by atoms with Crippen LogP contribution in [0.3, 0.4) is 0 Å². The summed E-state index contributed by atoms with van der Waals surface area (Å²) in [7, 11) is 1.66. The summed E-state index contributed by atoms with van der Waals surface area (Å²) in [6.07, 6.45) is 0.441. The molecule has 4 heterocycles. The Hall–Kier alpha value is -3.55. The second kappa shape index (κ2) is 11.7. The maximum Gasteiger partial charge on any atom is 0.352 e. The van der Waals surface area contributed by atoms with E-state index in [4.69, 9.17) is 10.6 Å². The molecule has 0 aromatic carbocycles. The maximum atomic E-state index is 13.1. The standard InChI is InChI=1S/C18H20N10O6S3/c1-27-18(23-25-26-27)37-5-8-4-35-15-11(14(31)28(15)12(8)16(32)33)22-13(30)10(24-34-3-2-19)9-6-36-17(21-9)20-7-29/h6-7,11,15H,2-5,19H2,1H3,(H,22,30)(H,32,33)(H,20,21,29)/b24-10-/t11?,15-/m1/s1. The predicted octanol–water partition coefficient (Wildman–Crippen LogP) is -1.55. The van der Waals surface area contributed by atoms with Gasteiger partial charge in [0.2, 0.25) is 11.6 Å². The van der Waals surface area contributed by atoms with Crippen molar-refractivity contribution in [3.05, 3.63) is 22.3 Å². The SMILES string of the molecule is Cn1nnnc1SCC1=C(C(=O)O)N2C(=O)C(NC(=O)/C(=N\OCCN)c3csc(NC=O)n3)[C@H]2SC1. The van der Waals surface area contributed by atoms with E-state index in [-0.39, 0.29) is 41.1 Å². The Morgan fingerprint density at radius 2 is 2.27 bits per heavy atom. The van der Waals surface area contributed by atoms with Gasteiger partial charge in [0.05, 0.1) is 0 Å². The number of aromatic nitrogens is 5. The Morgan fingerprint density at radius 1 is 1.46 bits per heavy atom. The molecule has 196 valence electrons. The second-order valence-electron chi connectivity index (χ2n) is 7.35. The number of fused-ring (bicyclic) bond motifs is 1. The average Bonchev–Trinajstić information content (AvgIpc) is 3.51. The van der Waals surface area contributed by atoms with Crippen LogP contribution in [0.25, 0.3) is 0 Å². The molecule has 1 fully saturated rings. The highest BCUT2D eigenvalue weighted by Crippen LogP contribution is 2.41. The zero-order chi connectivity index (χ0) is 26.5. The van der Waals surface area contributed by atoms with Crippen LogP contribution in [-0.4, -0.2) is 101 Å². The predicted molar refractivity (Wildman–Crippen MR) is 133 cm³/mol. The molecule has 0 radical (unpaired) electrons. The fourth-order valence-electron chi connectivity index (χ4n) is 3.37. The van der Waals surface area contributed by atoms with Gasteiger partial charge in [0.15, 0.2) is 10.8 Å². The molecule has 16 nitrogen and oxygen atoms in total. The Bertz CT molecular complexity index is 1280. The monoisotopic (exact) mass is 568 g/mol. The number of nitrogens with one attached hydrogen (secondary N) is 2. The first kappa shape index (κ1) is 26.5. The number of carbonyl (C=O) groups excluding carboxylic acids is 3. The summed E-state index contributed by atoms with van der Waals surface area (Å²) in [6, 6.07) is -0.991. The number of carboxylic acid groups (broad SMARTS) is 1. The lowest BCUT2D eigenvalue weighted by Gasteiger charge is -2.49. The van der Waals surface area contributed by atoms with Crippen LogP contribution in [0, 0.1) is 0 Å². The summed E-state index contributed by atoms with van der Waals surface area (Å²) >= 11 is 3.64. The topological polar surface area (TPSA) is 220 Å². The van der Waals surface area contributed by atoms with Crippen LogP contribution in [0.5, 0.6) is 0 Å². The van der Waals surface area contributed by atoms with Gasteiger partial charge in [-0.3, -0.25) is 19.3 Å². The molecule has 1 unspecified atom stereocenters. The average molecular weight is 569 g/mol. The van der Waals surface area contributed by atoms with Gasteiger partial charge in [0.25, 0.3) is 11.8 Å². The number of anilines is 1. The molecular weight excluding hydrogens is 548 g/mol. The van der Waals surface area contributed by atoms with E-state index < -0.39 is 29.2 Å². The molecule has 0 bridgehead atoms. The van der Waals surface area contributed by atoms with Gasteiger partial charge in [-0.1, -0.05) is 16.9 Å². The molecule has 2 aliphatic heterocycles. The number of tetrazole rings is 1. The van der Waals surface area contributed by atoms with Gasteiger partial charge in [-0.15, -0.1) is 28.2 Å². The molecule has 3 amide bonds. The summed E-state index contributed by atoms with van der Waals surface area (Å²) in [5.74, 6) is -1.98. The van der Waals surface area contributed by atoms with Gasteiger partial charge in [0, 0.05) is 30.5 Å². The number of nitrogens with two attached hydrogens (primary N) is 1. The number of carboxylic acids is 1. The van der Waals surface area contributed by atoms with Gasteiger partial charge in [0.1, 0.15) is 29.4 Å². The van der Waals surface area contributed by atoms with Crippen LogP contribution in [-0.2, 0) is 31.1 Å². The lowest BCUT2D eigenvalue weighted by Crippen LogP contribution is -2.71. The van der Waals surface area contributed by atoms with E-state index in [1.807, 2.05) is 0 Å². The molecule has 5 N–H and O–H groups in total. The van der Waals surface area contributed by atoms with E-state index in [0.717, 1.165) is 11.3 Å². The van der Waals surface area contributed by atoms with Crippen molar-refractivity contribution in [3.8, 4) is 0 Å². The molecule has 0 saturated carbocycles. The van der Waals surface area contributed by atoms with Crippen LogP contribution in [0.2, 0.25) is 0 Å². The first-order chi connectivity index (χ1) is 17.8. The fourth-order valence-corrected chi connectivity index (χ4v) is 6.36. The maximum absolute atomic E-state index is 13.1. The molecule has 2 aliphatic rings. The Morgan fingerprint density at radius 3 is 2.95 bits per heavy atom. The number of rotatable bonds is 12. The second-order valence-corrected chi connectivity index (χ2v) is 10.3. The number of thiazole rings is 1. The number of aliphatic carboxylic acids is 1. The minimum Gasteiger partial charge on any atom is -0.477 e. The fraction of sp³-hybridized carbons (Fsp3) is 0.389. The van der Waals surface area contributed by atoms with E-state index >= 15 is 0 Å². The summed E-state index contributed by atoms with van der Waals surface area (Å²) in [6.45, 7) is 0.188. The number of aryl methyl sites for hydroxylation is 1. The van der Waals surface area contributed by atoms with E-state index in [2.05, 4.69) is 36.3 Å². The molecule has 0 aliphatic carbocycles. The molecule has 2 atom stereocenters. The third-order valence-corrected chi connectivity index (χ3v) is 8.21. The Balaban J connectivity index is 1.49. The number of nitrogens with zero attached hydrogens (tertiary/aromatic N) is 7. The molecule has 0 spiro atoms. The molecule has 2 aromatic heterocycles. The van der Waals surface area contributed by atoms with Crippen LogP contribution in [0.15, 0.2) is 27.0 Å². The normalized spacial score (nSPS) is 19.2. The summed E-state index contributed by atoms with van der Waals surface area (Å²) in [5, 5.41) is 31.4. The number of hydrogen-bond acceptors (Lipinski definition) is 14. The van der Waals surface area contributed by atoms with E-state index in [0.29, 0.717) is 22.9 Å². The highest BCUT2D eigenvalue weighted by atomic mass is 32.2. The molecule has 37 heavy (non-hydrogen) atoms. The van der Waals surface area contributed by atoms with Crippen LogP contribution < -0.4 is 16.4 Å². The van der Waals surface area contributed by atoms with Crippen molar-refractivity contribution < 1.29 is 29.1 Å². The van der Waals surface area contributed by atoms with Crippen molar-refractivity contribution in [2.24, 2.45) is 17.9 Å². The highest BCUT2D eigenvalue weighted by molar-refractivity contribution is 8.01. The Labute approximate surface area is 221 Å². The summed E-state index contributed by atoms with van der Waals surface area (Å²) in [5.41, 5.74) is 5.72. The summed E-state index contributed by atoms with van der Waals surface area (Å²) in [4.78, 5) is 59.1. The number of β-lactam (4-membered cyclic amide) rings is 1. The van der Waals surface area contributed by atoms with E-state index in [9.17, 15) is 24.3 Å². The van der Waals surface area contributed by atoms with Gasteiger partial charge < -0.3 is 26.3 Å². The third-order valence-electron chi connectivity index (χ3n) is 5.00. The van der Waals surface area contributed by atoms with Crippen molar-refractivity contribution in [3.63, 3.8) is 0 Å². The van der Waals surface area contributed by atoms with Crippen molar-refractivity contribution in [1.82, 2.24) is 35.4 Å². The molecular formula is C18H20N10O6S3. The minimum absolute atomic E-state index is 0.0347. The lowest BCUT2D eigenvalue weighted by molar-refractivity contribution is -0.150. The van der Waals surface area contributed by atoms with Crippen molar-refractivity contribution in [1.29, 1.82) is 0 Å². The third kappa shape index (κ3) is 5.58. The number of hydrogen-bond donors (Lipinski definition) is 4. The molecule has 1 saturated heterocycles. The van der Waals surface area contributed by atoms with Gasteiger partial charge in [-0.25, -0.2) is 14.5 Å². The van der Waals surface area contributed by atoms with E-state index in [1.54, 1.807) is 7.05 Å². The number of carbonyl (C=O) groups is 4. The first-order valence-electron chi connectivity index (χ1n) is 10.5. The molecule has 4 rings (SSSR count). The van der Waals surface area contributed by atoms with Gasteiger partial charge >= 0.3 is 5.97 Å². The zero-order valence-electron chi connectivity index (χ0n) is 19.1. The van der Waals surface area contributed by atoms with Crippen LogP contribution >= 0.6 is 34.9 Å². The number of amides is 3. The van der Waals surface area contributed by atoms with Crippen molar-refractivity contribution in [2.45, 2.75) is 16.6 Å². The number of oxime groups is 1. The number of thioether (sulfide) groups is 2. The van der Waals surface area contributed by atoms with Crippen LogP contribution in [0.1, 0.15) is 5.69 Å². The van der Waals surface area contributed by atoms with Crippen molar-refractivity contribution in [2.75, 3.05) is 30.0 Å². The zero-order valence-corrected chi connectivity index (χ0v) is 21.5. The Kier molecular flexibility index (Phi) is 8.36. The molecule has 19 heteroatoms. The van der Waals surface area contributed by atoms with Gasteiger partial charge in [-0.2, -0.15) is 0 Å². The minimum atomic E-state index is -1.25. The van der Waals surface area contributed by atoms with Gasteiger partial charge in [-0.05, 0) is 16.0 Å². The highest BCUT2D eigenvalue weighted by Gasteiger charge is 2.54. The van der Waals surface area contributed by atoms with Crippen LogP contribution in [0.4, 0.5) is 5.13 Å². The summed E-state index contributed by atoms with van der Waals surface area (Å²) < 4.78 is 1.46. The smallest absolute Gasteiger partial charge is 0.352 e. The largest absolute Gasteiger partial charge is 0.477 e. The molecule has 2 aromatic rings. The first-order valence-corrected chi connectivity index (χ1v) is 13.4. The van der Waals surface area contributed by atoms with Crippen molar-refractivity contribution >= 4 is 69.9 Å². The quantitative estimate of drug-likeness (QED) is 0.0569. The lowest BCUT2D eigenvalue weighted by atomic mass is 10.0. The van der Waals surface area contributed by atoms with E-state index in [1.165, 1.54) is 38.5 Å².